The highest BCUT2D eigenvalue weighted by molar-refractivity contribution is 7.89. The molecule has 1 saturated heterocycles. The molecule has 1 aromatic carbocycles. The summed E-state index contributed by atoms with van der Waals surface area (Å²) in [5, 5.41) is 7.86. The van der Waals surface area contributed by atoms with Gasteiger partial charge in [-0.25, -0.2) is 8.42 Å². The number of aryl methyl sites for hydroxylation is 1. The highest BCUT2D eigenvalue weighted by atomic mass is 32.2. The second kappa shape index (κ2) is 7.88. The Morgan fingerprint density at radius 1 is 1.17 bits per heavy atom. The number of hydrogen-bond acceptors (Lipinski definition) is 7. The zero-order valence-electron chi connectivity index (χ0n) is 16.3. The van der Waals surface area contributed by atoms with Crippen molar-refractivity contribution < 1.29 is 17.6 Å². The number of anilines is 1. The number of hydrogen-bond donors (Lipinski definition) is 1. The lowest BCUT2D eigenvalue weighted by molar-refractivity contribution is 0.384. The lowest BCUT2D eigenvalue weighted by Crippen LogP contribution is -2.48. The molecule has 1 aliphatic rings. The molecule has 10 heteroatoms. The summed E-state index contributed by atoms with van der Waals surface area (Å²) in [7, 11) is -1.97. The minimum absolute atomic E-state index is 0.193. The molecule has 0 unspecified atom stereocenters. The van der Waals surface area contributed by atoms with E-state index in [9.17, 15) is 8.42 Å². The van der Waals surface area contributed by atoms with Gasteiger partial charge in [0.2, 0.25) is 15.9 Å². The Morgan fingerprint density at radius 2 is 1.97 bits per heavy atom. The quantitative estimate of drug-likeness (QED) is 0.655. The second-order valence-corrected chi connectivity index (χ2v) is 8.63. The second-order valence-electron chi connectivity index (χ2n) is 6.70. The number of nitrogens with one attached hydrogen (secondary N) is 1. The maximum atomic E-state index is 13.0. The van der Waals surface area contributed by atoms with Gasteiger partial charge in [-0.15, -0.1) is 10.2 Å². The molecule has 9 nitrogen and oxygen atoms in total. The minimum Gasteiger partial charge on any atom is -0.497 e. The van der Waals surface area contributed by atoms with Gasteiger partial charge in [0.25, 0.3) is 5.89 Å². The number of aromatic nitrogens is 3. The summed E-state index contributed by atoms with van der Waals surface area (Å²) in [6.45, 7) is 3.93. The van der Waals surface area contributed by atoms with Crippen LogP contribution in [0, 0.1) is 0 Å². The van der Waals surface area contributed by atoms with Crippen LogP contribution in [0.1, 0.15) is 12.8 Å². The van der Waals surface area contributed by atoms with E-state index >= 15 is 0 Å². The molecule has 0 aliphatic carbocycles. The van der Waals surface area contributed by atoms with Crippen molar-refractivity contribution in [3.63, 3.8) is 0 Å². The van der Waals surface area contributed by atoms with Gasteiger partial charge in [0.15, 0.2) is 0 Å². The molecule has 0 saturated carbocycles. The van der Waals surface area contributed by atoms with E-state index < -0.39 is 10.0 Å². The summed E-state index contributed by atoms with van der Waals surface area (Å²) < 4.78 is 38.3. The Balaban J connectivity index is 1.46. The zero-order chi connectivity index (χ0) is 20.4. The Morgan fingerprint density at radius 3 is 2.66 bits per heavy atom. The van der Waals surface area contributed by atoms with Crippen molar-refractivity contribution >= 4 is 15.7 Å². The molecular formula is C19H23N5O4S. The molecular weight excluding hydrogens is 394 g/mol. The average Bonchev–Trinajstić information content (AvgIpc) is 3.43. The van der Waals surface area contributed by atoms with E-state index in [4.69, 9.17) is 9.15 Å². The van der Waals surface area contributed by atoms with Crippen molar-refractivity contribution in [1.29, 1.82) is 0 Å². The van der Waals surface area contributed by atoms with E-state index in [2.05, 4.69) is 20.1 Å². The number of benzene rings is 1. The van der Waals surface area contributed by atoms with Crippen LogP contribution in [0.3, 0.4) is 0 Å². The molecule has 0 bridgehead atoms. The number of nitrogens with zero attached hydrogens (tertiary/aromatic N) is 4. The number of rotatable bonds is 6. The molecule has 0 spiro atoms. The van der Waals surface area contributed by atoms with Crippen LogP contribution < -0.4 is 9.64 Å². The molecule has 29 heavy (non-hydrogen) atoms. The fraction of sp³-hybridized carbons (Fsp3) is 0.368. The van der Waals surface area contributed by atoms with Crippen molar-refractivity contribution in [2.75, 3.05) is 38.2 Å². The predicted octanol–water partition coefficient (Wildman–Crippen LogP) is 2.15. The standard InChI is InChI=1S/C19H23N5O4S/c1-3-18-21-22-19(28-18)17-12-16(13-20-17)29(25,26)24-9-7-23(8-10-24)14-5-4-6-15(11-14)27-2/h4-6,11-13,20H,3,7-10H2,1-2H3. The van der Waals surface area contributed by atoms with Gasteiger partial charge >= 0.3 is 0 Å². The summed E-state index contributed by atoms with van der Waals surface area (Å²) in [6, 6.07) is 9.31. The van der Waals surface area contributed by atoms with Gasteiger partial charge in [0.05, 0.1) is 7.11 Å². The Hall–Kier alpha value is -2.85. The monoisotopic (exact) mass is 417 g/mol. The van der Waals surface area contributed by atoms with E-state index in [0.29, 0.717) is 44.2 Å². The third-order valence-electron chi connectivity index (χ3n) is 4.95. The van der Waals surface area contributed by atoms with Crippen molar-refractivity contribution in [3.05, 3.63) is 42.4 Å². The fourth-order valence-corrected chi connectivity index (χ4v) is 4.71. The molecule has 1 N–H and O–H groups in total. The summed E-state index contributed by atoms with van der Waals surface area (Å²) in [6.07, 6.45) is 2.09. The van der Waals surface area contributed by atoms with Crippen LogP contribution in [0.4, 0.5) is 5.69 Å². The Kier molecular flexibility index (Phi) is 5.29. The van der Waals surface area contributed by atoms with Gasteiger partial charge in [-0.3, -0.25) is 0 Å². The van der Waals surface area contributed by atoms with Crippen LogP contribution in [0.25, 0.3) is 11.6 Å². The van der Waals surface area contributed by atoms with Crippen LogP contribution in [-0.2, 0) is 16.4 Å². The summed E-state index contributed by atoms with van der Waals surface area (Å²) in [5.74, 6) is 1.57. The molecule has 3 aromatic rings. The first-order valence-corrected chi connectivity index (χ1v) is 10.9. The molecule has 1 fully saturated rings. The molecule has 0 radical (unpaired) electrons. The molecule has 1 aliphatic heterocycles. The van der Waals surface area contributed by atoms with E-state index in [1.165, 1.54) is 16.6 Å². The average molecular weight is 417 g/mol. The van der Waals surface area contributed by atoms with Crippen molar-refractivity contribution in [3.8, 4) is 17.3 Å². The van der Waals surface area contributed by atoms with Crippen molar-refractivity contribution in [2.45, 2.75) is 18.2 Å². The maximum absolute atomic E-state index is 13.0. The zero-order valence-corrected chi connectivity index (χ0v) is 17.1. The summed E-state index contributed by atoms with van der Waals surface area (Å²) in [5.41, 5.74) is 1.51. The fourth-order valence-electron chi connectivity index (χ4n) is 3.30. The maximum Gasteiger partial charge on any atom is 0.264 e. The topological polar surface area (TPSA) is 105 Å². The first-order valence-electron chi connectivity index (χ1n) is 9.41. The Bertz CT molecular complexity index is 1080. The van der Waals surface area contributed by atoms with Gasteiger partial charge in [0, 0.05) is 50.6 Å². The molecule has 2 aromatic heterocycles. The first kappa shape index (κ1) is 19.5. The smallest absolute Gasteiger partial charge is 0.264 e. The highest BCUT2D eigenvalue weighted by Gasteiger charge is 2.30. The Labute approximate surface area is 169 Å². The lowest BCUT2D eigenvalue weighted by atomic mass is 10.2. The number of aromatic amines is 1. The highest BCUT2D eigenvalue weighted by Crippen LogP contribution is 2.26. The van der Waals surface area contributed by atoms with E-state index in [-0.39, 0.29) is 10.8 Å². The molecule has 4 rings (SSSR count). The number of piperazine rings is 1. The number of ether oxygens (including phenoxy) is 1. The van der Waals surface area contributed by atoms with Crippen molar-refractivity contribution in [2.24, 2.45) is 0 Å². The van der Waals surface area contributed by atoms with Gasteiger partial charge in [0.1, 0.15) is 16.3 Å². The SMILES string of the molecule is CCc1nnc(-c2cc(S(=O)(=O)N3CCN(c4cccc(OC)c4)CC3)c[nH]2)o1. The minimum atomic E-state index is -3.61. The summed E-state index contributed by atoms with van der Waals surface area (Å²) in [4.78, 5) is 5.27. The lowest BCUT2D eigenvalue weighted by Gasteiger charge is -2.35. The molecule has 0 atom stereocenters. The van der Waals surface area contributed by atoms with Crippen LogP contribution in [0.5, 0.6) is 5.75 Å². The van der Waals surface area contributed by atoms with E-state index in [1.54, 1.807) is 7.11 Å². The molecule has 3 heterocycles. The van der Waals surface area contributed by atoms with Gasteiger partial charge in [-0.1, -0.05) is 13.0 Å². The van der Waals surface area contributed by atoms with Crippen molar-refractivity contribution in [1.82, 2.24) is 19.5 Å². The van der Waals surface area contributed by atoms with E-state index in [0.717, 1.165) is 11.4 Å². The third-order valence-corrected chi connectivity index (χ3v) is 6.83. The van der Waals surface area contributed by atoms with Gasteiger partial charge in [-0.2, -0.15) is 4.31 Å². The first-order chi connectivity index (χ1) is 14.0. The third kappa shape index (κ3) is 3.85. The molecule has 154 valence electrons. The largest absolute Gasteiger partial charge is 0.497 e. The van der Waals surface area contributed by atoms with Gasteiger partial charge < -0.3 is 19.0 Å². The van der Waals surface area contributed by atoms with E-state index in [1.807, 2.05) is 31.2 Å². The number of sulfonamides is 1. The van der Waals surface area contributed by atoms with Crippen LogP contribution in [-0.4, -0.2) is 61.2 Å². The van der Waals surface area contributed by atoms with Gasteiger partial charge in [-0.05, 0) is 18.2 Å². The summed E-state index contributed by atoms with van der Waals surface area (Å²) >= 11 is 0. The number of H-pyrrole nitrogens is 1. The van der Waals surface area contributed by atoms with Crippen LogP contribution in [0.15, 0.2) is 45.8 Å². The molecule has 0 amide bonds. The predicted molar refractivity (Wildman–Crippen MR) is 107 cm³/mol. The van der Waals surface area contributed by atoms with Crippen LogP contribution >= 0.6 is 0 Å². The number of methoxy groups -OCH3 is 1. The normalized spacial score (nSPS) is 15.6. The van der Waals surface area contributed by atoms with Crippen LogP contribution in [0.2, 0.25) is 0 Å².